The molecule has 18 heavy (non-hydrogen) atoms. The molecule has 2 aliphatic heterocycles. The average Bonchev–Trinajstić information content (AvgIpc) is 2.13. The zero-order valence-electron chi connectivity index (χ0n) is 12.5. The van der Waals surface area contributed by atoms with Gasteiger partial charge in [0.25, 0.3) is 0 Å². The number of fused-ring (bicyclic) bond motifs is 2. The summed E-state index contributed by atoms with van der Waals surface area (Å²) in [5.41, 5.74) is -0.328. The summed E-state index contributed by atoms with van der Waals surface area (Å²) >= 11 is 0. The first-order valence-electron chi connectivity index (χ1n) is 6.92. The predicted octanol–water partition coefficient (Wildman–Crippen LogP) is 2.04. The molecule has 4 heteroatoms. The van der Waals surface area contributed by atoms with Gasteiger partial charge in [-0.05, 0) is 40.7 Å². The summed E-state index contributed by atoms with van der Waals surface area (Å²) in [4.78, 5) is 12.8. The van der Waals surface area contributed by atoms with E-state index in [0.29, 0.717) is 0 Å². The molecule has 108 valence electrons. The summed E-state index contributed by atoms with van der Waals surface area (Å²) in [7, 11) is 2.27. The zero-order chi connectivity index (χ0) is 13.8. The minimum atomic E-state index is -0.328. The van der Waals surface area contributed by atoms with Gasteiger partial charge in [-0.2, -0.15) is 0 Å². The van der Waals surface area contributed by atoms with E-state index in [1.165, 1.54) is 39.3 Å². The first-order chi connectivity index (χ1) is 8.29. The highest BCUT2D eigenvalue weighted by molar-refractivity contribution is 5.66. The number of hydrogen-bond acceptors (Lipinski definition) is 4. The van der Waals surface area contributed by atoms with E-state index in [-0.39, 0.29) is 13.0 Å². The second-order valence-corrected chi connectivity index (χ2v) is 6.27. The second kappa shape index (κ2) is 6.53. The van der Waals surface area contributed by atoms with Crippen LogP contribution in [-0.2, 0) is 9.53 Å². The Balaban J connectivity index is 0.000000335. The zero-order valence-corrected chi connectivity index (χ0v) is 12.5. The number of hydrogen-bond donors (Lipinski definition) is 1. The number of carbonyl (C=O) groups is 1. The van der Waals surface area contributed by atoms with Crippen LogP contribution in [0.2, 0.25) is 0 Å². The highest BCUT2D eigenvalue weighted by Gasteiger charge is 2.30. The van der Waals surface area contributed by atoms with Crippen LogP contribution in [0.25, 0.3) is 0 Å². The Bertz CT molecular complexity index is 257. The summed E-state index contributed by atoms with van der Waals surface area (Å²) in [6, 6.07) is 1.68. The molecule has 0 amide bonds. The van der Waals surface area contributed by atoms with Crippen molar-refractivity contribution in [1.82, 2.24) is 10.2 Å². The van der Waals surface area contributed by atoms with Crippen molar-refractivity contribution in [3.63, 3.8) is 0 Å². The number of carbonyl (C=O) groups excluding carboxylic acids is 1. The molecule has 0 saturated carbocycles. The van der Waals surface area contributed by atoms with Gasteiger partial charge < -0.3 is 10.1 Å². The molecule has 2 heterocycles. The van der Waals surface area contributed by atoms with Gasteiger partial charge in [-0.15, -0.1) is 0 Å². The normalized spacial score (nSPS) is 28.1. The first-order valence-corrected chi connectivity index (χ1v) is 6.92. The van der Waals surface area contributed by atoms with Gasteiger partial charge in [-0.25, -0.2) is 0 Å². The number of piperazine rings is 1. The van der Waals surface area contributed by atoms with Crippen LogP contribution in [0, 0.1) is 0 Å². The fourth-order valence-corrected chi connectivity index (χ4v) is 2.63. The maximum Gasteiger partial charge on any atom is 0.303 e. The Morgan fingerprint density at radius 1 is 1.28 bits per heavy atom. The topological polar surface area (TPSA) is 41.6 Å². The van der Waals surface area contributed by atoms with Crippen LogP contribution in [0.3, 0.4) is 0 Å². The molecule has 0 aromatic heterocycles. The molecule has 2 atom stereocenters. The number of nitrogens with zero attached hydrogens (tertiary/aromatic N) is 1. The molecule has 2 aliphatic rings. The highest BCUT2D eigenvalue weighted by atomic mass is 16.6. The van der Waals surface area contributed by atoms with Gasteiger partial charge in [-0.3, -0.25) is 9.69 Å². The third kappa shape index (κ3) is 5.36. The Labute approximate surface area is 113 Å². The third-order valence-corrected chi connectivity index (χ3v) is 3.44. The highest BCUT2D eigenvalue weighted by Crippen LogP contribution is 2.22. The summed E-state index contributed by atoms with van der Waals surface area (Å²) in [6.45, 7) is 9.36. The number of nitrogens with one attached hydrogen (secondary N) is 1. The number of rotatable bonds is 0. The molecule has 0 radical (unpaired) electrons. The van der Waals surface area contributed by atoms with Gasteiger partial charge >= 0.3 is 5.97 Å². The molecule has 0 aliphatic carbocycles. The SMILES string of the molecule is CC(=O)OC(C)(C)C.CN1[C@@H]2CCC[C@H]1CNC2.[HH]. The van der Waals surface area contributed by atoms with Gasteiger partial charge in [0.05, 0.1) is 0 Å². The Morgan fingerprint density at radius 3 is 2.06 bits per heavy atom. The van der Waals surface area contributed by atoms with E-state index in [9.17, 15) is 4.79 Å². The van der Waals surface area contributed by atoms with Crippen LogP contribution >= 0.6 is 0 Å². The lowest BCUT2D eigenvalue weighted by molar-refractivity contribution is -0.151. The minimum absolute atomic E-state index is 0. The Morgan fingerprint density at radius 2 is 1.78 bits per heavy atom. The summed E-state index contributed by atoms with van der Waals surface area (Å²) < 4.78 is 4.80. The molecule has 2 bridgehead atoms. The monoisotopic (exact) mass is 258 g/mol. The van der Waals surface area contributed by atoms with E-state index in [2.05, 4.69) is 17.3 Å². The lowest BCUT2D eigenvalue weighted by Gasteiger charge is -2.44. The summed E-state index contributed by atoms with van der Waals surface area (Å²) in [6.07, 6.45) is 4.25. The van der Waals surface area contributed by atoms with Crippen molar-refractivity contribution in [1.29, 1.82) is 0 Å². The number of ether oxygens (including phenoxy) is 1. The van der Waals surface area contributed by atoms with Crippen LogP contribution in [0.4, 0.5) is 0 Å². The van der Waals surface area contributed by atoms with E-state index < -0.39 is 0 Å². The third-order valence-electron chi connectivity index (χ3n) is 3.44. The van der Waals surface area contributed by atoms with Crippen molar-refractivity contribution in [2.45, 2.75) is 64.6 Å². The maximum absolute atomic E-state index is 10.2. The van der Waals surface area contributed by atoms with Gasteiger partial charge in [0.1, 0.15) is 5.60 Å². The van der Waals surface area contributed by atoms with E-state index in [4.69, 9.17) is 4.74 Å². The number of likely N-dealkylation sites (N-methyl/N-ethyl adjacent to an activating group) is 1. The number of piperidine rings is 1. The van der Waals surface area contributed by atoms with Crippen molar-refractivity contribution in [3.8, 4) is 0 Å². The number of esters is 1. The summed E-state index contributed by atoms with van der Waals surface area (Å²) in [5, 5.41) is 3.48. The van der Waals surface area contributed by atoms with Crippen LogP contribution in [0.5, 0.6) is 0 Å². The van der Waals surface area contributed by atoms with Crippen molar-refractivity contribution >= 4 is 5.97 Å². The molecule has 4 nitrogen and oxygen atoms in total. The lowest BCUT2D eigenvalue weighted by Crippen LogP contribution is -2.57. The standard InChI is InChI=1S/C8H16N2.C6H12O2.H2/c1-10-7-3-2-4-8(10)6-9-5-7;1-5(7)8-6(2,3)4;/h7-9H,2-6H2,1H3;1-4H3;1H/t7-,8+;;. The summed E-state index contributed by atoms with van der Waals surface area (Å²) in [5.74, 6) is -0.225. The molecular formula is C14H30N2O2. The quantitative estimate of drug-likeness (QED) is 0.675. The van der Waals surface area contributed by atoms with Crippen LogP contribution in [0.15, 0.2) is 0 Å². The van der Waals surface area contributed by atoms with Crippen LogP contribution in [-0.4, -0.2) is 48.7 Å². The molecule has 0 aromatic rings. The smallest absolute Gasteiger partial charge is 0.303 e. The van der Waals surface area contributed by atoms with Gasteiger partial charge in [0.2, 0.25) is 0 Å². The average molecular weight is 258 g/mol. The Kier molecular flexibility index (Phi) is 5.60. The maximum atomic E-state index is 10.2. The van der Waals surface area contributed by atoms with Crippen LogP contribution in [0.1, 0.15) is 48.4 Å². The Hall–Kier alpha value is -0.610. The van der Waals surface area contributed by atoms with Gasteiger partial charge in [-0.1, -0.05) is 6.42 Å². The van der Waals surface area contributed by atoms with Crippen molar-refractivity contribution in [3.05, 3.63) is 0 Å². The fraction of sp³-hybridized carbons (Fsp3) is 0.929. The van der Waals surface area contributed by atoms with Crippen molar-refractivity contribution in [2.24, 2.45) is 0 Å². The van der Waals surface area contributed by atoms with E-state index >= 15 is 0 Å². The second-order valence-electron chi connectivity index (χ2n) is 6.27. The van der Waals surface area contributed by atoms with Crippen molar-refractivity contribution in [2.75, 3.05) is 20.1 Å². The minimum Gasteiger partial charge on any atom is -0.460 e. The van der Waals surface area contributed by atoms with Gasteiger partial charge in [0, 0.05) is 33.5 Å². The molecule has 2 saturated heterocycles. The van der Waals surface area contributed by atoms with Gasteiger partial charge in [0.15, 0.2) is 0 Å². The largest absolute Gasteiger partial charge is 0.460 e. The van der Waals surface area contributed by atoms with Crippen molar-refractivity contribution < 1.29 is 11.0 Å². The van der Waals surface area contributed by atoms with E-state index in [0.717, 1.165) is 12.1 Å². The molecule has 0 unspecified atom stereocenters. The molecule has 0 aromatic carbocycles. The lowest BCUT2D eigenvalue weighted by atomic mass is 9.93. The molecule has 0 spiro atoms. The first kappa shape index (κ1) is 15.4. The predicted molar refractivity (Wildman–Crippen MR) is 75.7 cm³/mol. The van der Waals surface area contributed by atoms with Crippen LogP contribution < -0.4 is 5.32 Å². The molecule has 1 N–H and O–H groups in total. The molecular weight excluding hydrogens is 228 g/mol. The van der Waals surface area contributed by atoms with E-state index in [1.807, 2.05) is 20.8 Å². The molecule has 2 fully saturated rings. The van der Waals surface area contributed by atoms with E-state index in [1.54, 1.807) is 0 Å². The fourth-order valence-electron chi connectivity index (χ4n) is 2.63. The molecule has 2 rings (SSSR count).